The second-order valence-corrected chi connectivity index (χ2v) is 5.39. The predicted octanol–water partition coefficient (Wildman–Crippen LogP) is 4.03. The first-order chi connectivity index (χ1) is 12.2. The molecule has 0 saturated heterocycles. The van der Waals surface area contributed by atoms with Gasteiger partial charge >= 0.3 is 5.97 Å². The first-order valence-electron chi connectivity index (χ1n) is 7.72. The maximum atomic E-state index is 11.3. The number of carbonyl (C=O) groups is 1. The molecule has 3 aromatic rings. The first-order valence-corrected chi connectivity index (χ1v) is 7.72. The summed E-state index contributed by atoms with van der Waals surface area (Å²) in [6.07, 6.45) is 0. The van der Waals surface area contributed by atoms with E-state index in [4.69, 9.17) is 9.47 Å². The highest BCUT2D eigenvalue weighted by Crippen LogP contribution is 2.26. The summed E-state index contributed by atoms with van der Waals surface area (Å²) in [5.41, 5.74) is 2.46. The molecule has 0 unspecified atom stereocenters. The number of hydrogen-bond acceptors (Lipinski definition) is 4. The molecule has 0 amide bonds. The van der Waals surface area contributed by atoms with Crippen molar-refractivity contribution < 1.29 is 19.4 Å². The van der Waals surface area contributed by atoms with Crippen molar-refractivity contribution in [3.05, 3.63) is 77.9 Å². The molecular weight excluding hydrogens is 318 g/mol. The lowest BCUT2D eigenvalue weighted by Gasteiger charge is -2.09. The van der Waals surface area contributed by atoms with Crippen molar-refractivity contribution in [2.75, 3.05) is 7.11 Å². The third-order valence-corrected chi connectivity index (χ3v) is 3.64. The third-order valence-electron chi connectivity index (χ3n) is 3.64. The van der Waals surface area contributed by atoms with Crippen LogP contribution in [-0.2, 0) is 6.61 Å². The molecular formula is C20H17NO4. The molecule has 0 fully saturated rings. The van der Waals surface area contributed by atoms with Gasteiger partial charge in [-0.15, -0.1) is 0 Å². The first kappa shape index (κ1) is 16.5. The molecule has 0 atom stereocenters. The molecule has 2 aromatic carbocycles. The molecule has 126 valence electrons. The van der Waals surface area contributed by atoms with Crippen LogP contribution in [0, 0.1) is 0 Å². The minimum Gasteiger partial charge on any atom is -0.489 e. The summed E-state index contributed by atoms with van der Waals surface area (Å²) in [4.78, 5) is 15.6. The smallest absolute Gasteiger partial charge is 0.335 e. The zero-order valence-electron chi connectivity index (χ0n) is 13.7. The van der Waals surface area contributed by atoms with Crippen LogP contribution < -0.4 is 9.47 Å². The van der Waals surface area contributed by atoms with Crippen molar-refractivity contribution in [1.82, 2.24) is 4.98 Å². The van der Waals surface area contributed by atoms with Gasteiger partial charge in [0.05, 0.1) is 18.4 Å². The number of benzene rings is 2. The maximum absolute atomic E-state index is 11.3. The molecule has 0 aliphatic rings. The normalized spacial score (nSPS) is 10.3. The van der Waals surface area contributed by atoms with Crippen LogP contribution >= 0.6 is 0 Å². The Labute approximate surface area is 145 Å². The summed E-state index contributed by atoms with van der Waals surface area (Å²) >= 11 is 0. The predicted molar refractivity (Wildman–Crippen MR) is 94.0 cm³/mol. The number of rotatable bonds is 6. The Morgan fingerprint density at radius 2 is 1.84 bits per heavy atom. The average molecular weight is 335 g/mol. The van der Waals surface area contributed by atoms with Gasteiger partial charge in [-0.3, -0.25) is 0 Å². The van der Waals surface area contributed by atoms with Crippen LogP contribution in [0.5, 0.6) is 11.6 Å². The fourth-order valence-electron chi connectivity index (χ4n) is 2.37. The second kappa shape index (κ2) is 7.49. The molecule has 5 heteroatoms. The second-order valence-electron chi connectivity index (χ2n) is 5.39. The van der Waals surface area contributed by atoms with E-state index in [0.717, 1.165) is 11.1 Å². The molecule has 0 aliphatic carbocycles. The summed E-state index contributed by atoms with van der Waals surface area (Å²) in [7, 11) is 1.46. The monoisotopic (exact) mass is 335 g/mol. The standard InChI is InChI=1S/C20H17NO4/c1-24-19-12-16(20(22)23)11-18(21-19)15-8-5-9-17(10-15)25-13-14-6-3-2-4-7-14/h2-12H,13H2,1H3,(H,22,23). The molecule has 0 aliphatic heterocycles. The number of hydrogen-bond donors (Lipinski definition) is 1. The van der Waals surface area contributed by atoms with E-state index in [1.807, 2.05) is 54.6 Å². The van der Waals surface area contributed by atoms with Gasteiger partial charge in [0.1, 0.15) is 12.4 Å². The van der Waals surface area contributed by atoms with E-state index in [2.05, 4.69) is 4.98 Å². The highest BCUT2D eigenvalue weighted by Gasteiger charge is 2.11. The molecule has 0 bridgehead atoms. The Balaban J connectivity index is 1.86. The van der Waals surface area contributed by atoms with Gasteiger partial charge in [-0.25, -0.2) is 9.78 Å². The summed E-state index contributed by atoms with van der Waals surface area (Å²) in [6.45, 7) is 0.455. The summed E-state index contributed by atoms with van der Waals surface area (Å²) in [5, 5.41) is 9.23. The largest absolute Gasteiger partial charge is 0.489 e. The molecule has 3 rings (SSSR count). The summed E-state index contributed by atoms with van der Waals surface area (Å²) in [5.74, 6) is -0.0909. The van der Waals surface area contributed by atoms with Crippen LogP contribution in [0.4, 0.5) is 0 Å². The van der Waals surface area contributed by atoms with E-state index in [9.17, 15) is 9.90 Å². The van der Waals surface area contributed by atoms with Crippen molar-refractivity contribution in [2.24, 2.45) is 0 Å². The number of nitrogens with zero attached hydrogens (tertiary/aromatic N) is 1. The molecule has 1 aromatic heterocycles. The number of carboxylic acids is 1. The van der Waals surface area contributed by atoms with Gasteiger partial charge in [-0.1, -0.05) is 42.5 Å². The minimum atomic E-state index is -1.03. The minimum absolute atomic E-state index is 0.123. The van der Waals surface area contributed by atoms with E-state index in [0.29, 0.717) is 18.1 Å². The van der Waals surface area contributed by atoms with Crippen molar-refractivity contribution in [2.45, 2.75) is 6.61 Å². The van der Waals surface area contributed by atoms with Crippen LogP contribution in [0.2, 0.25) is 0 Å². The van der Waals surface area contributed by atoms with Gasteiger partial charge in [0.15, 0.2) is 0 Å². The molecule has 1 heterocycles. The molecule has 25 heavy (non-hydrogen) atoms. The van der Waals surface area contributed by atoms with E-state index in [1.54, 1.807) is 0 Å². The highest BCUT2D eigenvalue weighted by atomic mass is 16.5. The van der Waals surface area contributed by atoms with E-state index in [-0.39, 0.29) is 11.4 Å². The maximum Gasteiger partial charge on any atom is 0.335 e. The fraction of sp³-hybridized carbons (Fsp3) is 0.100. The number of carboxylic acid groups (broad SMARTS) is 1. The van der Waals surface area contributed by atoms with Crippen molar-refractivity contribution >= 4 is 5.97 Å². The van der Waals surface area contributed by atoms with E-state index in [1.165, 1.54) is 19.2 Å². The van der Waals surface area contributed by atoms with Gasteiger partial charge in [0.2, 0.25) is 5.88 Å². The van der Waals surface area contributed by atoms with Crippen LogP contribution in [0.1, 0.15) is 15.9 Å². The molecule has 0 spiro atoms. The summed E-state index contributed by atoms with van der Waals surface area (Å²) in [6, 6.07) is 20.1. The number of ether oxygens (including phenoxy) is 2. The van der Waals surface area contributed by atoms with Gasteiger partial charge in [-0.05, 0) is 23.8 Å². The average Bonchev–Trinajstić information content (AvgIpc) is 2.67. The Morgan fingerprint density at radius 1 is 1.04 bits per heavy atom. The van der Waals surface area contributed by atoms with Gasteiger partial charge in [0.25, 0.3) is 0 Å². The number of pyridine rings is 1. The SMILES string of the molecule is COc1cc(C(=O)O)cc(-c2cccc(OCc3ccccc3)c2)n1. The summed E-state index contributed by atoms with van der Waals surface area (Å²) < 4.78 is 10.9. The Bertz CT molecular complexity index is 878. The zero-order chi connectivity index (χ0) is 17.6. The van der Waals surface area contributed by atoms with Crippen LogP contribution in [0.15, 0.2) is 66.7 Å². The number of aromatic carboxylic acids is 1. The number of methoxy groups -OCH3 is 1. The zero-order valence-corrected chi connectivity index (χ0v) is 13.7. The van der Waals surface area contributed by atoms with Crippen molar-refractivity contribution in [3.63, 3.8) is 0 Å². The van der Waals surface area contributed by atoms with Gasteiger partial charge in [-0.2, -0.15) is 0 Å². The van der Waals surface area contributed by atoms with Gasteiger partial charge in [0, 0.05) is 11.6 Å². The van der Waals surface area contributed by atoms with E-state index < -0.39 is 5.97 Å². The van der Waals surface area contributed by atoms with Crippen LogP contribution in [0.3, 0.4) is 0 Å². The lowest BCUT2D eigenvalue weighted by Crippen LogP contribution is -2.00. The molecule has 0 saturated carbocycles. The van der Waals surface area contributed by atoms with Crippen LogP contribution in [-0.4, -0.2) is 23.2 Å². The van der Waals surface area contributed by atoms with E-state index >= 15 is 0 Å². The topological polar surface area (TPSA) is 68.7 Å². The quantitative estimate of drug-likeness (QED) is 0.736. The van der Waals surface area contributed by atoms with Gasteiger partial charge < -0.3 is 14.6 Å². The van der Waals surface area contributed by atoms with Crippen molar-refractivity contribution in [3.8, 4) is 22.9 Å². The number of aromatic nitrogens is 1. The van der Waals surface area contributed by atoms with Crippen molar-refractivity contribution in [1.29, 1.82) is 0 Å². The lowest BCUT2D eigenvalue weighted by atomic mass is 10.1. The molecule has 5 nitrogen and oxygen atoms in total. The fourth-order valence-corrected chi connectivity index (χ4v) is 2.37. The lowest BCUT2D eigenvalue weighted by molar-refractivity contribution is 0.0696. The molecule has 0 radical (unpaired) electrons. The highest BCUT2D eigenvalue weighted by molar-refractivity contribution is 5.89. The molecule has 1 N–H and O–H groups in total. The third kappa shape index (κ3) is 4.14. The Hall–Kier alpha value is -3.34. The Kier molecular flexibility index (Phi) is 4.95. The Morgan fingerprint density at radius 3 is 2.56 bits per heavy atom. The van der Waals surface area contributed by atoms with Crippen LogP contribution in [0.25, 0.3) is 11.3 Å².